The summed E-state index contributed by atoms with van der Waals surface area (Å²) >= 11 is 4.98. The molecule has 1 aliphatic heterocycles. The predicted octanol–water partition coefficient (Wildman–Crippen LogP) is -1.86. The number of aromatic nitrogens is 2. The van der Waals surface area contributed by atoms with Crippen molar-refractivity contribution in [2.45, 2.75) is 24.5 Å². The average Bonchev–Trinajstić information content (AvgIpc) is 2.82. The maximum absolute atomic E-state index is 11.9. The van der Waals surface area contributed by atoms with Gasteiger partial charge in [-0.15, -0.1) is 0 Å². The first-order valence-electron chi connectivity index (χ1n) is 7.28. The molecule has 13 nitrogen and oxygen atoms in total. The van der Waals surface area contributed by atoms with Crippen molar-refractivity contribution < 1.29 is 43.7 Å². The summed E-state index contributed by atoms with van der Waals surface area (Å²) in [7, 11) is -4.81. The Morgan fingerprint density at radius 2 is 2.11 bits per heavy atom. The number of aromatic amines is 1. The Balaban J connectivity index is 2.27. The van der Waals surface area contributed by atoms with Crippen LogP contribution >= 0.6 is 20.0 Å². The van der Waals surface area contributed by atoms with Crippen molar-refractivity contribution in [1.29, 1.82) is 0 Å². The molecule has 4 atom stereocenters. The average molecular weight is 425 g/mol. The van der Waals surface area contributed by atoms with Crippen LogP contribution in [0.5, 0.6) is 0 Å². The van der Waals surface area contributed by atoms with E-state index in [1.54, 1.807) is 0 Å². The summed E-state index contributed by atoms with van der Waals surface area (Å²) in [5, 5.41) is 28.7. The van der Waals surface area contributed by atoms with Gasteiger partial charge in [0.1, 0.15) is 24.9 Å². The SMILES string of the molecule is O=C(O)CN=Cc1cn([C@@H]2O[C@H](COP(=O)(O)O)[C@@H](O)[C@@H]2O)c(=S)[nH]c1=O. The fourth-order valence-electron chi connectivity index (χ4n) is 2.27. The molecular formula is C12H16N3O10PS. The van der Waals surface area contributed by atoms with Gasteiger partial charge < -0.3 is 29.8 Å². The lowest BCUT2D eigenvalue weighted by molar-refractivity contribution is -0.135. The Morgan fingerprint density at radius 1 is 1.44 bits per heavy atom. The number of phosphoric ester groups is 1. The van der Waals surface area contributed by atoms with Crippen LogP contribution in [-0.2, 0) is 18.6 Å². The first kappa shape index (κ1) is 21.5. The number of phosphoric acid groups is 1. The van der Waals surface area contributed by atoms with Crippen LogP contribution in [0, 0.1) is 4.77 Å². The van der Waals surface area contributed by atoms with Crippen LogP contribution < -0.4 is 5.56 Å². The number of carboxylic acids is 1. The second-order valence-corrected chi connectivity index (χ2v) is 7.07. The van der Waals surface area contributed by atoms with Gasteiger partial charge in [0.25, 0.3) is 5.56 Å². The van der Waals surface area contributed by atoms with Crippen LogP contribution in [0.25, 0.3) is 0 Å². The minimum Gasteiger partial charge on any atom is -0.480 e. The molecule has 6 N–H and O–H groups in total. The molecule has 1 aromatic rings. The summed E-state index contributed by atoms with van der Waals surface area (Å²) < 4.78 is 21.3. The van der Waals surface area contributed by atoms with E-state index < -0.39 is 57.0 Å². The maximum atomic E-state index is 11.9. The molecule has 27 heavy (non-hydrogen) atoms. The summed E-state index contributed by atoms with van der Waals surface area (Å²) in [4.78, 5) is 45.6. The lowest BCUT2D eigenvalue weighted by Gasteiger charge is -2.18. The van der Waals surface area contributed by atoms with Gasteiger partial charge in [0.15, 0.2) is 11.0 Å². The molecule has 0 aliphatic carbocycles. The van der Waals surface area contributed by atoms with E-state index in [-0.39, 0.29) is 10.3 Å². The smallest absolute Gasteiger partial charge is 0.469 e. The van der Waals surface area contributed by atoms with Crippen molar-refractivity contribution >= 4 is 32.2 Å². The molecule has 2 heterocycles. The van der Waals surface area contributed by atoms with Gasteiger partial charge in [0, 0.05) is 12.4 Å². The van der Waals surface area contributed by atoms with Crippen LogP contribution in [0.1, 0.15) is 11.8 Å². The quantitative estimate of drug-likeness (QED) is 0.162. The van der Waals surface area contributed by atoms with Gasteiger partial charge in [0.2, 0.25) is 0 Å². The van der Waals surface area contributed by atoms with Crippen LogP contribution in [0.3, 0.4) is 0 Å². The summed E-state index contributed by atoms with van der Waals surface area (Å²) in [6, 6.07) is 0. The molecule has 1 saturated heterocycles. The number of hydrogen-bond acceptors (Lipinski definition) is 9. The number of hydrogen-bond donors (Lipinski definition) is 6. The molecule has 1 fully saturated rings. The summed E-state index contributed by atoms with van der Waals surface area (Å²) in [5.74, 6) is -1.21. The Kier molecular flexibility index (Phi) is 6.77. The van der Waals surface area contributed by atoms with E-state index in [4.69, 9.17) is 31.8 Å². The number of aliphatic hydroxyl groups is 2. The normalized spacial score (nSPS) is 25.9. The molecule has 1 aliphatic rings. The fourth-order valence-corrected chi connectivity index (χ4v) is 2.86. The first-order chi connectivity index (χ1) is 12.5. The van der Waals surface area contributed by atoms with Crippen molar-refractivity contribution in [3.63, 3.8) is 0 Å². The molecule has 0 aromatic carbocycles. The monoisotopic (exact) mass is 425 g/mol. The van der Waals surface area contributed by atoms with E-state index in [2.05, 4.69) is 14.5 Å². The third kappa shape index (κ3) is 5.60. The van der Waals surface area contributed by atoms with Crippen LogP contribution in [0.15, 0.2) is 16.0 Å². The van der Waals surface area contributed by atoms with Gasteiger partial charge in [-0.2, -0.15) is 0 Å². The molecule has 0 amide bonds. The topological polar surface area (TPSA) is 204 Å². The second kappa shape index (κ2) is 8.50. The number of nitrogens with one attached hydrogen (secondary N) is 1. The van der Waals surface area contributed by atoms with Gasteiger partial charge in [-0.1, -0.05) is 0 Å². The zero-order valence-corrected chi connectivity index (χ0v) is 15.1. The van der Waals surface area contributed by atoms with Gasteiger partial charge in [0.05, 0.1) is 12.2 Å². The van der Waals surface area contributed by atoms with Crippen molar-refractivity contribution in [3.8, 4) is 0 Å². The minimum absolute atomic E-state index is 0.0925. The number of nitrogens with zero attached hydrogens (tertiary/aromatic N) is 2. The lowest BCUT2D eigenvalue weighted by Crippen LogP contribution is -2.34. The number of rotatable bonds is 7. The Labute approximate surface area is 155 Å². The summed E-state index contributed by atoms with van der Waals surface area (Å²) in [6.07, 6.45) is -3.57. The molecule has 0 bridgehead atoms. The largest absolute Gasteiger partial charge is 0.480 e. The molecular weight excluding hydrogens is 409 g/mol. The van der Waals surface area contributed by atoms with E-state index in [0.29, 0.717) is 0 Å². The standard InChI is InChI=1S/C12H16N3O10PS/c16-7(17)2-13-1-5-3-15(12(27)14-10(5)20)11-9(19)8(18)6(25-11)4-24-26(21,22)23/h1,3,6,8-9,11,18-19H,2,4H2,(H,16,17)(H,14,20,27)(H2,21,22,23)/t6-,8-,9+,11-/m1/s1. The van der Waals surface area contributed by atoms with Gasteiger partial charge >= 0.3 is 13.8 Å². The lowest BCUT2D eigenvalue weighted by atomic mass is 10.1. The zero-order chi connectivity index (χ0) is 20.4. The highest BCUT2D eigenvalue weighted by Gasteiger charge is 2.44. The summed E-state index contributed by atoms with van der Waals surface area (Å²) in [6.45, 7) is -1.28. The van der Waals surface area contributed by atoms with E-state index in [1.165, 1.54) is 0 Å². The Hall–Kier alpha value is -1.77. The van der Waals surface area contributed by atoms with Gasteiger partial charge in [-0.05, 0) is 12.2 Å². The van der Waals surface area contributed by atoms with E-state index in [0.717, 1.165) is 17.0 Å². The number of aliphatic hydroxyl groups excluding tert-OH is 2. The molecule has 150 valence electrons. The predicted molar refractivity (Wildman–Crippen MR) is 89.9 cm³/mol. The molecule has 15 heteroatoms. The Morgan fingerprint density at radius 3 is 2.70 bits per heavy atom. The Bertz CT molecular complexity index is 892. The molecule has 1 aromatic heterocycles. The van der Waals surface area contributed by atoms with Crippen molar-refractivity contribution in [3.05, 3.63) is 26.9 Å². The number of carbonyl (C=O) groups is 1. The maximum Gasteiger partial charge on any atom is 0.469 e. The fraction of sp³-hybridized carbons (Fsp3) is 0.500. The van der Waals surface area contributed by atoms with E-state index >= 15 is 0 Å². The van der Waals surface area contributed by atoms with Crippen molar-refractivity contribution in [2.75, 3.05) is 13.2 Å². The van der Waals surface area contributed by atoms with Crippen molar-refractivity contribution in [2.24, 2.45) is 4.99 Å². The molecule has 2 rings (SSSR count). The number of H-pyrrole nitrogens is 1. The highest BCUT2D eigenvalue weighted by atomic mass is 32.1. The first-order valence-corrected chi connectivity index (χ1v) is 9.22. The number of aliphatic imine (C=N–C) groups is 1. The van der Waals surface area contributed by atoms with Gasteiger partial charge in [-0.25, -0.2) is 4.57 Å². The zero-order valence-electron chi connectivity index (χ0n) is 13.4. The summed E-state index contributed by atoms with van der Waals surface area (Å²) in [5.41, 5.74) is -0.759. The number of carboxylic acid groups (broad SMARTS) is 1. The molecule has 0 saturated carbocycles. The molecule has 0 unspecified atom stereocenters. The third-order valence-corrected chi connectivity index (χ3v) is 4.27. The van der Waals surface area contributed by atoms with Crippen LogP contribution in [0.4, 0.5) is 0 Å². The number of aliphatic carboxylic acids is 1. The number of ether oxygens (including phenoxy) is 1. The van der Waals surface area contributed by atoms with Gasteiger partial charge in [-0.3, -0.25) is 28.7 Å². The van der Waals surface area contributed by atoms with E-state index in [1.807, 2.05) is 0 Å². The second-order valence-electron chi connectivity index (χ2n) is 5.45. The molecule has 0 radical (unpaired) electrons. The third-order valence-electron chi connectivity index (χ3n) is 3.47. The van der Waals surface area contributed by atoms with Crippen molar-refractivity contribution in [1.82, 2.24) is 9.55 Å². The van der Waals surface area contributed by atoms with Crippen LogP contribution in [-0.4, -0.2) is 78.3 Å². The molecule has 0 spiro atoms. The highest BCUT2D eigenvalue weighted by Crippen LogP contribution is 2.38. The van der Waals surface area contributed by atoms with Crippen LogP contribution in [0.2, 0.25) is 0 Å². The highest BCUT2D eigenvalue weighted by molar-refractivity contribution is 7.71. The minimum atomic E-state index is -4.81. The van der Waals surface area contributed by atoms with E-state index in [9.17, 15) is 24.4 Å².